The van der Waals surface area contributed by atoms with Crippen molar-refractivity contribution in [3.8, 4) is 0 Å². The fourth-order valence-corrected chi connectivity index (χ4v) is 9.23. The molecule has 0 saturated carbocycles. The number of rotatable bonds is 9. The van der Waals surface area contributed by atoms with Crippen LogP contribution in [0.3, 0.4) is 0 Å². The topological polar surface area (TPSA) is 116 Å². The first-order valence-corrected chi connectivity index (χ1v) is 19.9. The van der Waals surface area contributed by atoms with Crippen LogP contribution in [0.5, 0.6) is 0 Å². The number of halogens is 1. The average Bonchev–Trinajstić information content (AvgIpc) is 3.17. The molecule has 1 aromatic heterocycles. The number of morpholine rings is 1. The largest absolute Gasteiger partial charge is 0.363 e. The first-order valence-electron chi connectivity index (χ1n) is 17.4. The van der Waals surface area contributed by atoms with Gasteiger partial charge in [0.25, 0.3) is 5.56 Å². The number of aromatic amines is 1. The Balaban J connectivity index is 1.23. The molecule has 0 radical (unpaired) electrons. The molecule has 0 aliphatic carbocycles. The molecule has 0 spiro atoms. The van der Waals surface area contributed by atoms with Gasteiger partial charge in [-0.25, -0.2) is 14.5 Å². The number of hydrogen-bond donors (Lipinski definition) is 1. The standard InChI is InChI=1S/C38H43ClN7O5P/c1-29-25-46(37(48)41-35(29)47)34-27-44(38(30-13-6-3-7-14-30,31-15-8-4-9-16-31)32-17-10-5-11-18-32)26-33(51-34)28-50-52(39,49)45-23-21-43(22-24-45)36-40-19-12-20-42(36)2/h3-19,25,33-34H,20-24,26-28H2,1-2H3,(H,41,47,48). The molecule has 0 bridgehead atoms. The van der Waals surface area contributed by atoms with Gasteiger partial charge >= 0.3 is 12.6 Å². The summed E-state index contributed by atoms with van der Waals surface area (Å²) in [6, 6.07) is 30.7. The number of benzene rings is 3. The van der Waals surface area contributed by atoms with E-state index in [1.54, 1.807) is 11.6 Å². The summed E-state index contributed by atoms with van der Waals surface area (Å²) >= 11 is 6.75. The maximum Gasteiger partial charge on any atom is 0.363 e. The number of ether oxygens (including phenoxy) is 1. The molecule has 14 heteroatoms. The first kappa shape index (κ1) is 36.1. The van der Waals surface area contributed by atoms with Gasteiger partial charge in [-0.3, -0.25) is 23.8 Å². The van der Waals surface area contributed by atoms with Gasteiger partial charge in [-0.15, -0.1) is 0 Å². The molecule has 52 heavy (non-hydrogen) atoms. The number of piperazine rings is 1. The van der Waals surface area contributed by atoms with E-state index in [0.717, 1.165) is 29.2 Å². The van der Waals surface area contributed by atoms with Crippen molar-refractivity contribution in [1.82, 2.24) is 28.9 Å². The smallest absolute Gasteiger partial charge is 0.350 e. The molecule has 272 valence electrons. The highest BCUT2D eigenvalue weighted by Crippen LogP contribution is 2.56. The second-order valence-electron chi connectivity index (χ2n) is 13.3. The molecule has 3 aromatic carbocycles. The number of aryl methyl sites for hydroxylation is 1. The van der Waals surface area contributed by atoms with Gasteiger partial charge in [0.1, 0.15) is 0 Å². The molecule has 1 N–H and O–H groups in total. The highest BCUT2D eigenvalue weighted by molar-refractivity contribution is 7.83. The molecule has 4 heterocycles. The van der Waals surface area contributed by atoms with Crippen molar-refractivity contribution in [2.75, 3.05) is 59.5 Å². The van der Waals surface area contributed by atoms with Crippen LogP contribution in [0.15, 0.2) is 124 Å². The van der Waals surface area contributed by atoms with Crippen LogP contribution in [0.1, 0.15) is 28.5 Å². The summed E-state index contributed by atoms with van der Waals surface area (Å²) in [5.74, 6) is 0.876. The van der Waals surface area contributed by atoms with E-state index < -0.39 is 36.0 Å². The summed E-state index contributed by atoms with van der Waals surface area (Å²) in [6.45, 7) is 1.23. The Morgan fingerprint density at radius 1 is 0.904 bits per heavy atom. The molecule has 2 fully saturated rings. The van der Waals surface area contributed by atoms with Crippen molar-refractivity contribution in [3.05, 3.63) is 153 Å². The van der Waals surface area contributed by atoms with Crippen LogP contribution < -0.4 is 11.2 Å². The number of aromatic nitrogens is 2. The quantitative estimate of drug-likeness (QED) is 0.190. The Bertz CT molecular complexity index is 1970. The zero-order valence-corrected chi connectivity index (χ0v) is 30.9. The van der Waals surface area contributed by atoms with Crippen molar-refractivity contribution in [3.63, 3.8) is 0 Å². The van der Waals surface area contributed by atoms with E-state index in [9.17, 15) is 14.2 Å². The minimum Gasteiger partial charge on any atom is -0.350 e. The summed E-state index contributed by atoms with van der Waals surface area (Å²) in [7, 11) is 2.00. The number of guanidine groups is 1. The van der Waals surface area contributed by atoms with E-state index in [0.29, 0.717) is 38.3 Å². The highest BCUT2D eigenvalue weighted by Gasteiger charge is 2.47. The van der Waals surface area contributed by atoms with Gasteiger partial charge in [-0.2, -0.15) is 0 Å². The van der Waals surface area contributed by atoms with Crippen LogP contribution in [0.25, 0.3) is 0 Å². The van der Waals surface area contributed by atoms with Crippen LogP contribution in [-0.4, -0.2) is 100 Å². The Labute approximate surface area is 307 Å². The van der Waals surface area contributed by atoms with E-state index in [4.69, 9.17) is 20.5 Å². The molecule has 2 saturated heterocycles. The lowest BCUT2D eigenvalue weighted by Gasteiger charge is -2.50. The maximum absolute atomic E-state index is 14.0. The SMILES string of the molecule is Cc1cn(C2CN(C(c3ccccc3)(c3ccccc3)c3ccccc3)CC(COP(=O)(Cl)N3CCN(C4=NC=CCN4C)CC3)O2)c(=O)[nH]c1=O. The zero-order valence-electron chi connectivity index (χ0n) is 29.3. The third-order valence-corrected chi connectivity index (χ3v) is 12.4. The van der Waals surface area contributed by atoms with Crippen molar-refractivity contribution < 1.29 is 13.8 Å². The summed E-state index contributed by atoms with van der Waals surface area (Å²) < 4.78 is 29.9. The summed E-state index contributed by atoms with van der Waals surface area (Å²) in [5, 5.41) is 0. The van der Waals surface area contributed by atoms with Crippen molar-refractivity contribution >= 4 is 24.1 Å². The third-order valence-electron chi connectivity index (χ3n) is 9.97. The Hall–Kier alpha value is -4.29. The van der Waals surface area contributed by atoms with Gasteiger partial charge in [0.15, 0.2) is 6.23 Å². The molecule has 3 aliphatic rings. The number of nitrogens with one attached hydrogen (secondary N) is 1. The van der Waals surface area contributed by atoms with Crippen LogP contribution in [0.4, 0.5) is 0 Å². The first-order chi connectivity index (χ1) is 25.2. The van der Waals surface area contributed by atoms with E-state index in [2.05, 4.69) is 61.1 Å². The maximum atomic E-state index is 14.0. The second-order valence-corrected chi connectivity index (χ2v) is 16.3. The van der Waals surface area contributed by atoms with Crippen LogP contribution in [0, 0.1) is 6.92 Å². The molecule has 7 rings (SSSR count). The predicted molar refractivity (Wildman–Crippen MR) is 203 cm³/mol. The Morgan fingerprint density at radius 3 is 2.04 bits per heavy atom. The van der Waals surface area contributed by atoms with Crippen molar-refractivity contribution in [1.29, 1.82) is 0 Å². The number of H-pyrrole nitrogens is 1. The number of hydrogen-bond acceptors (Lipinski definition) is 9. The van der Waals surface area contributed by atoms with E-state index in [-0.39, 0.29) is 13.2 Å². The lowest BCUT2D eigenvalue weighted by Crippen LogP contribution is -2.58. The minimum atomic E-state index is -3.77. The molecule has 3 aliphatic heterocycles. The number of aliphatic imine (C=N–C) groups is 1. The lowest BCUT2D eigenvalue weighted by atomic mass is 9.75. The number of likely N-dealkylation sites (N-methyl/N-ethyl adjacent to an activating group) is 1. The average molecular weight is 744 g/mol. The van der Waals surface area contributed by atoms with Crippen LogP contribution in [-0.2, 0) is 19.4 Å². The van der Waals surface area contributed by atoms with Gasteiger partial charge in [-0.05, 0) is 40.9 Å². The highest BCUT2D eigenvalue weighted by atomic mass is 35.7. The fourth-order valence-electron chi connectivity index (χ4n) is 7.44. The lowest BCUT2D eigenvalue weighted by molar-refractivity contribution is -0.148. The van der Waals surface area contributed by atoms with Crippen molar-refractivity contribution in [2.45, 2.75) is 24.8 Å². The molecular formula is C38H43ClN7O5P. The van der Waals surface area contributed by atoms with Gasteiger partial charge < -0.3 is 19.1 Å². The van der Waals surface area contributed by atoms with Gasteiger partial charge in [0, 0.05) is 70.8 Å². The Kier molecular flexibility index (Phi) is 10.7. The van der Waals surface area contributed by atoms with Gasteiger partial charge in [0.05, 0.1) is 18.2 Å². The van der Waals surface area contributed by atoms with E-state index in [1.807, 2.05) is 73.9 Å². The normalized spacial score (nSPS) is 21.5. The summed E-state index contributed by atoms with van der Waals surface area (Å²) in [4.78, 5) is 39.2. The summed E-state index contributed by atoms with van der Waals surface area (Å²) in [5.41, 5.74) is 1.54. The fraction of sp³-hybridized carbons (Fsp3) is 0.342. The van der Waals surface area contributed by atoms with E-state index >= 15 is 0 Å². The molecule has 0 amide bonds. The number of nitrogens with zero attached hydrogens (tertiary/aromatic N) is 6. The monoisotopic (exact) mass is 743 g/mol. The third kappa shape index (κ3) is 7.19. The van der Waals surface area contributed by atoms with Crippen LogP contribution >= 0.6 is 18.1 Å². The molecule has 3 unspecified atom stereocenters. The van der Waals surface area contributed by atoms with Gasteiger partial charge in [-0.1, -0.05) is 91.0 Å². The molecule has 3 atom stereocenters. The van der Waals surface area contributed by atoms with Gasteiger partial charge in [0.2, 0.25) is 5.96 Å². The Morgan fingerprint density at radius 2 is 1.48 bits per heavy atom. The minimum absolute atomic E-state index is 0.0975. The second kappa shape index (κ2) is 15.4. The predicted octanol–water partition coefficient (Wildman–Crippen LogP) is 4.83. The zero-order chi connectivity index (χ0) is 36.3. The van der Waals surface area contributed by atoms with Crippen LogP contribution in [0.2, 0.25) is 0 Å². The van der Waals surface area contributed by atoms with E-state index in [1.165, 1.54) is 10.8 Å². The molecule has 4 aromatic rings. The molecular weight excluding hydrogens is 701 g/mol. The summed E-state index contributed by atoms with van der Waals surface area (Å²) in [6.07, 6.45) is 3.83. The van der Waals surface area contributed by atoms with Crippen molar-refractivity contribution in [2.24, 2.45) is 4.99 Å². The molecule has 12 nitrogen and oxygen atoms in total.